The smallest absolute Gasteiger partial charge is 0.150 e. The van der Waals surface area contributed by atoms with Crippen LogP contribution in [-0.2, 0) is 16.3 Å². The van der Waals surface area contributed by atoms with Gasteiger partial charge < -0.3 is 4.74 Å². The quantitative estimate of drug-likeness (QED) is 0.621. The molecule has 0 aromatic heterocycles. The molecule has 0 amide bonds. The molecule has 1 aromatic rings. The van der Waals surface area contributed by atoms with E-state index >= 15 is 0 Å². The van der Waals surface area contributed by atoms with Crippen LogP contribution in [0, 0.1) is 12.8 Å². The number of methoxy groups -OCH3 is 1. The average Bonchev–Trinajstić information content (AvgIpc) is 2.76. The van der Waals surface area contributed by atoms with E-state index in [1.807, 2.05) is 19.1 Å². The zero-order chi connectivity index (χ0) is 14.8. The van der Waals surface area contributed by atoms with Crippen LogP contribution >= 0.6 is 0 Å². The van der Waals surface area contributed by atoms with E-state index in [2.05, 4.69) is 11.5 Å². The second-order valence-corrected chi connectivity index (χ2v) is 7.68. The van der Waals surface area contributed by atoms with Crippen LogP contribution in [-0.4, -0.2) is 33.1 Å². The van der Waals surface area contributed by atoms with Crippen LogP contribution in [0.5, 0.6) is 5.75 Å². The zero-order valence-corrected chi connectivity index (χ0v) is 12.7. The van der Waals surface area contributed by atoms with Gasteiger partial charge in [-0.05, 0) is 37.3 Å². The van der Waals surface area contributed by atoms with Gasteiger partial charge in [0.1, 0.15) is 5.75 Å². The van der Waals surface area contributed by atoms with Crippen LogP contribution in [0.2, 0.25) is 0 Å². The largest absolute Gasteiger partial charge is 0.496 e. The number of hydrogen-bond donors (Lipinski definition) is 2. The molecule has 6 heteroatoms. The Morgan fingerprint density at radius 2 is 2.25 bits per heavy atom. The van der Waals surface area contributed by atoms with Gasteiger partial charge in [-0.1, -0.05) is 17.7 Å². The fraction of sp³-hybridized carbons (Fsp3) is 0.571. The lowest BCUT2D eigenvalue weighted by molar-refractivity contribution is 0.371. The molecule has 5 nitrogen and oxygen atoms in total. The fourth-order valence-corrected chi connectivity index (χ4v) is 4.69. The number of rotatable bonds is 5. The van der Waals surface area contributed by atoms with Crippen LogP contribution in [0.15, 0.2) is 18.2 Å². The Labute approximate surface area is 120 Å². The molecule has 112 valence electrons. The van der Waals surface area contributed by atoms with E-state index in [1.54, 1.807) is 7.11 Å². The third kappa shape index (κ3) is 3.50. The first-order valence-corrected chi connectivity index (χ1v) is 8.57. The number of aryl methyl sites for hydroxylation is 1. The van der Waals surface area contributed by atoms with Gasteiger partial charge in [0.05, 0.1) is 18.6 Å². The molecule has 1 aromatic carbocycles. The van der Waals surface area contributed by atoms with Crippen molar-refractivity contribution in [1.82, 2.24) is 5.43 Å². The average molecular weight is 298 g/mol. The summed E-state index contributed by atoms with van der Waals surface area (Å²) in [5.74, 6) is 7.00. The molecule has 3 N–H and O–H groups in total. The van der Waals surface area contributed by atoms with Crippen LogP contribution in [0.4, 0.5) is 0 Å². The van der Waals surface area contributed by atoms with E-state index in [1.165, 1.54) is 0 Å². The van der Waals surface area contributed by atoms with Crippen molar-refractivity contribution in [2.45, 2.75) is 25.8 Å². The van der Waals surface area contributed by atoms with E-state index in [0.717, 1.165) is 16.9 Å². The second-order valence-electron chi connectivity index (χ2n) is 5.46. The first-order chi connectivity index (χ1) is 9.45. The predicted octanol–water partition coefficient (Wildman–Crippen LogP) is 0.813. The number of nitrogens with one attached hydrogen (secondary N) is 1. The van der Waals surface area contributed by atoms with Gasteiger partial charge in [0, 0.05) is 6.04 Å². The lowest BCUT2D eigenvalue weighted by Crippen LogP contribution is -2.43. The van der Waals surface area contributed by atoms with Gasteiger partial charge in [-0.3, -0.25) is 11.3 Å². The van der Waals surface area contributed by atoms with Crippen molar-refractivity contribution in [1.29, 1.82) is 0 Å². The molecule has 1 heterocycles. The molecule has 2 rings (SSSR count). The molecule has 0 radical (unpaired) electrons. The molecular weight excluding hydrogens is 276 g/mol. The Bertz CT molecular complexity index is 572. The first-order valence-electron chi connectivity index (χ1n) is 6.75. The van der Waals surface area contributed by atoms with E-state index in [4.69, 9.17) is 10.6 Å². The molecule has 0 spiro atoms. The Morgan fingerprint density at radius 3 is 2.80 bits per heavy atom. The second kappa shape index (κ2) is 6.11. The molecule has 1 aliphatic rings. The molecule has 0 saturated carbocycles. The lowest BCUT2D eigenvalue weighted by atomic mass is 9.92. The van der Waals surface area contributed by atoms with E-state index in [0.29, 0.717) is 12.8 Å². The SMILES string of the molecule is COc1ccc(C)cc1CC(NN)C1CCS(=O)(=O)C1. The van der Waals surface area contributed by atoms with E-state index in [9.17, 15) is 8.42 Å². The molecule has 2 unspecified atom stereocenters. The van der Waals surface area contributed by atoms with Gasteiger partial charge in [-0.2, -0.15) is 0 Å². The predicted molar refractivity (Wildman–Crippen MR) is 79.3 cm³/mol. The van der Waals surface area contributed by atoms with Crippen LogP contribution in [0.3, 0.4) is 0 Å². The highest BCUT2D eigenvalue weighted by atomic mass is 32.2. The van der Waals surface area contributed by atoms with Crippen molar-refractivity contribution in [2.24, 2.45) is 11.8 Å². The van der Waals surface area contributed by atoms with Gasteiger partial charge in [0.15, 0.2) is 9.84 Å². The summed E-state index contributed by atoms with van der Waals surface area (Å²) < 4.78 is 28.6. The summed E-state index contributed by atoms with van der Waals surface area (Å²) in [4.78, 5) is 0. The zero-order valence-electron chi connectivity index (χ0n) is 11.9. The van der Waals surface area contributed by atoms with Gasteiger partial charge in [-0.25, -0.2) is 8.42 Å². The van der Waals surface area contributed by atoms with Crippen molar-refractivity contribution in [3.63, 3.8) is 0 Å². The molecule has 0 bridgehead atoms. The first kappa shape index (κ1) is 15.3. The Morgan fingerprint density at radius 1 is 1.50 bits per heavy atom. The van der Waals surface area contributed by atoms with Crippen molar-refractivity contribution >= 4 is 9.84 Å². The van der Waals surface area contributed by atoms with Crippen LogP contribution in [0.1, 0.15) is 17.5 Å². The summed E-state index contributed by atoms with van der Waals surface area (Å²) in [7, 11) is -1.26. The Hall–Kier alpha value is -1.11. The van der Waals surface area contributed by atoms with Crippen molar-refractivity contribution < 1.29 is 13.2 Å². The maximum absolute atomic E-state index is 11.6. The standard InChI is InChI=1S/C14H22N2O3S/c1-10-3-4-14(19-2)12(7-10)8-13(16-15)11-5-6-20(17,18)9-11/h3-4,7,11,13,16H,5-6,8-9,15H2,1-2H3. The summed E-state index contributed by atoms with van der Waals surface area (Å²) in [5, 5.41) is 0. The molecule has 1 saturated heterocycles. The fourth-order valence-electron chi connectivity index (χ4n) is 2.81. The molecule has 1 aliphatic heterocycles. The summed E-state index contributed by atoms with van der Waals surface area (Å²) in [6, 6.07) is 5.94. The van der Waals surface area contributed by atoms with Gasteiger partial charge >= 0.3 is 0 Å². The normalized spacial score (nSPS) is 22.6. The monoisotopic (exact) mass is 298 g/mol. The maximum Gasteiger partial charge on any atom is 0.150 e. The third-order valence-corrected chi connectivity index (χ3v) is 5.72. The highest BCUT2D eigenvalue weighted by Crippen LogP contribution is 2.27. The minimum Gasteiger partial charge on any atom is -0.496 e. The van der Waals surface area contributed by atoms with Crippen LogP contribution in [0.25, 0.3) is 0 Å². The van der Waals surface area contributed by atoms with Gasteiger partial charge in [0.2, 0.25) is 0 Å². The van der Waals surface area contributed by atoms with Gasteiger partial charge in [-0.15, -0.1) is 0 Å². The van der Waals surface area contributed by atoms with Crippen molar-refractivity contribution in [2.75, 3.05) is 18.6 Å². The van der Waals surface area contributed by atoms with Crippen molar-refractivity contribution in [3.8, 4) is 5.75 Å². The summed E-state index contributed by atoms with van der Waals surface area (Å²) in [6.07, 6.45) is 1.34. The number of sulfone groups is 1. The van der Waals surface area contributed by atoms with E-state index < -0.39 is 9.84 Å². The van der Waals surface area contributed by atoms with Gasteiger partial charge in [0.25, 0.3) is 0 Å². The topological polar surface area (TPSA) is 81.4 Å². The Balaban J connectivity index is 2.16. The molecule has 20 heavy (non-hydrogen) atoms. The lowest BCUT2D eigenvalue weighted by Gasteiger charge is -2.23. The summed E-state index contributed by atoms with van der Waals surface area (Å²) in [6.45, 7) is 2.02. The Kier molecular flexibility index (Phi) is 4.67. The minimum absolute atomic E-state index is 0.0528. The summed E-state index contributed by atoms with van der Waals surface area (Å²) in [5.41, 5.74) is 4.99. The molecular formula is C14H22N2O3S. The van der Waals surface area contributed by atoms with Crippen molar-refractivity contribution in [3.05, 3.63) is 29.3 Å². The number of hydrogen-bond acceptors (Lipinski definition) is 5. The highest BCUT2D eigenvalue weighted by Gasteiger charge is 2.33. The summed E-state index contributed by atoms with van der Waals surface area (Å²) >= 11 is 0. The number of benzene rings is 1. The molecule has 2 atom stereocenters. The molecule has 1 fully saturated rings. The highest BCUT2D eigenvalue weighted by molar-refractivity contribution is 7.91. The van der Waals surface area contributed by atoms with E-state index in [-0.39, 0.29) is 23.5 Å². The number of hydrazine groups is 1. The maximum atomic E-state index is 11.6. The van der Waals surface area contributed by atoms with Crippen LogP contribution < -0.4 is 16.0 Å². The number of nitrogens with two attached hydrogens (primary N) is 1. The minimum atomic E-state index is -2.89. The number of ether oxygens (including phenoxy) is 1. The molecule has 0 aliphatic carbocycles. The third-order valence-electron chi connectivity index (χ3n) is 3.93.